The number of nitrogens with two attached hydrogens (primary N) is 1. The van der Waals surface area contributed by atoms with Gasteiger partial charge in [0.2, 0.25) is 0 Å². The summed E-state index contributed by atoms with van der Waals surface area (Å²) >= 11 is 1.78. The zero-order chi connectivity index (χ0) is 9.54. The molecule has 14 heavy (non-hydrogen) atoms. The van der Waals surface area contributed by atoms with E-state index in [4.69, 9.17) is 5.73 Å². The van der Waals surface area contributed by atoms with Crippen molar-refractivity contribution in [1.82, 2.24) is 0 Å². The van der Waals surface area contributed by atoms with Crippen LogP contribution in [0.4, 0.5) is 0 Å². The Morgan fingerprint density at radius 1 is 1.36 bits per heavy atom. The first-order chi connectivity index (χ1) is 6.83. The predicted octanol–water partition coefficient (Wildman–Crippen LogP) is 2.66. The van der Waals surface area contributed by atoms with Crippen LogP contribution in [0.1, 0.15) is 24.8 Å². The van der Waals surface area contributed by atoms with Gasteiger partial charge in [0.25, 0.3) is 0 Å². The third-order valence-corrected chi connectivity index (χ3v) is 4.67. The van der Waals surface area contributed by atoms with Gasteiger partial charge < -0.3 is 5.73 Å². The molecular weight excluding hydrogens is 190 g/mol. The third kappa shape index (κ3) is 1.61. The molecule has 0 spiro atoms. The normalized spacial score (nSPS) is 36.8. The van der Waals surface area contributed by atoms with E-state index in [1.165, 1.54) is 24.8 Å². The van der Waals surface area contributed by atoms with E-state index in [2.05, 4.69) is 16.8 Å². The van der Waals surface area contributed by atoms with Crippen LogP contribution in [0.15, 0.2) is 16.8 Å². The molecule has 2 aliphatic rings. The van der Waals surface area contributed by atoms with Crippen LogP contribution in [0.5, 0.6) is 0 Å². The summed E-state index contributed by atoms with van der Waals surface area (Å²) in [6.07, 6.45) is 5.42. The first-order valence-corrected chi connectivity index (χ1v) is 6.54. The van der Waals surface area contributed by atoms with E-state index in [0.717, 1.165) is 24.2 Å². The topological polar surface area (TPSA) is 26.0 Å². The standard InChI is InChI=1S/C12H17NS/c13-12(3-8-1-2-14-7-8)11-5-9-4-10(9)6-11/h1-2,7,9-12H,3-6,13H2. The van der Waals surface area contributed by atoms with Crippen LogP contribution in [-0.4, -0.2) is 6.04 Å². The first-order valence-electron chi connectivity index (χ1n) is 5.59. The van der Waals surface area contributed by atoms with Crippen molar-refractivity contribution >= 4 is 11.3 Å². The van der Waals surface area contributed by atoms with Gasteiger partial charge in [-0.2, -0.15) is 11.3 Å². The summed E-state index contributed by atoms with van der Waals surface area (Å²) in [4.78, 5) is 0. The predicted molar refractivity (Wildman–Crippen MR) is 60.3 cm³/mol. The molecule has 2 saturated carbocycles. The van der Waals surface area contributed by atoms with Gasteiger partial charge in [-0.15, -0.1) is 0 Å². The van der Waals surface area contributed by atoms with Crippen molar-refractivity contribution in [2.75, 3.05) is 0 Å². The van der Waals surface area contributed by atoms with Gasteiger partial charge in [0, 0.05) is 6.04 Å². The van der Waals surface area contributed by atoms with Gasteiger partial charge >= 0.3 is 0 Å². The van der Waals surface area contributed by atoms with E-state index in [1.807, 2.05) is 0 Å². The maximum Gasteiger partial charge on any atom is 0.0108 e. The number of rotatable bonds is 3. The van der Waals surface area contributed by atoms with Crippen molar-refractivity contribution in [3.8, 4) is 0 Å². The molecule has 0 amide bonds. The van der Waals surface area contributed by atoms with E-state index in [1.54, 1.807) is 11.3 Å². The largest absolute Gasteiger partial charge is 0.327 e. The summed E-state index contributed by atoms with van der Waals surface area (Å²) in [5, 5.41) is 4.38. The number of hydrogen-bond donors (Lipinski definition) is 1. The molecule has 1 aromatic rings. The van der Waals surface area contributed by atoms with Crippen LogP contribution in [0.25, 0.3) is 0 Å². The van der Waals surface area contributed by atoms with Crippen LogP contribution in [0, 0.1) is 17.8 Å². The smallest absolute Gasteiger partial charge is 0.0108 e. The summed E-state index contributed by atoms with van der Waals surface area (Å²) in [5.41, 5.74) is 7.69. The third-order valence-electron chi connectivity index (χ3n) is 3.94. The van der Waals surface area contributed by atoms with Crippen molar-refractivity contribution in [3.05, 3.63) is 22.4 Å². The van der Waals surface area contributed by atoms with Crippen LogP contribution in [0.3, 0.4) is 0 Å². The van der Waals surface area contributed by atoms with Gasteiger partial charge in [0.1, 0.15) is 0 Å². The van der Waals surface area contributed by atoms with Crippen molar-refractivity contribution in [2.45, 2.75) is 31.7 Å². The lowest BCUT2D eigenvalue weighted by atomic mass is 9.91. The quantitative estimate of drug-likeness (QED) is 0.810. The Hall–Kier alpha value is -0.340. The Morgan fingerprint density at radius 2 is 2.14 bits per heavy atom. The van der Waals surface area contributed by atoms with Gasteiger partial charge in [-0.3, -0.25) is 0 Å². The molecule has 2 fully saturated rings. The van der Waals surface area contributed by atoms with Crippen molar-refractivity contribution in [3.63, 3.8) is 0 Å². The summed E-state index contributed by atoms with van der Waals surface area (Å²) in [7, 11) is 0. The fraction of sp³-hybridized carbons (Fsp3) is 0.667. The Labute approximate surface area is 89.3 Å². The molecule has 1 aromatic heterocycles. The monoisotopic (exact) mass is 207 g/mol. The minimum atomic E-state index is 0.414. The van der Waals surface area contributed by atoms with Crippen LogP contribution >= 0.6 is 11.3 Å². The molecular formula is C12H17NS. The lowest BCUT2D eigenvalue weighted by molar-refractivity contribution is 0.393. The van der Waals surface area contributed by atoms with Crippen molar-refractivity contribution in [1.29, 1.82) is 0 Å². The lowest BCUT2D eigenvalue weighted by Crippen LogP contribution is -2.31. The van der Waals surface area contributed by atoms with E-state index in [-0.39, 0.29) is 0 Å². The van der Waals surface area contributed by atoms with Gasteiger partial charge in [0.15, 0.2) is 0 Å². The summed E-state index contributed by atoms with van der Waals surface area (Å²) in [5.74, 6) is 2.95. The molecule has 0 aromatic carbocycles. The molecule has 3 atom stereocenters. The fourth-order valence-corrected chi connectivity index (χ4v) is 3.64. The van der Waals surface area contributed by atoms with Crippen molar-refractivity contribution < 1.29 is 0 Å². The molecule has 0 radical (unpaired) electrons. The molecule has 3 rings (SSSR count). The minimum Gasteiger partial charge on any atom is -0.327 e. The highest BCUT2D eigenvalue weighted by Gasteiger charge is 2.47. The highest BCUT2D eigenvalue weighted by molar-refractivity contribution is 7.07. The van der Waals surface area contributed by atoms with Crippen molar-refractivity contribution in [2.24, 2.45) is 23.5 Å². The fourth-order valence-electron chi connectivity index (χ4n) is 2.96. The Morgan fingerprint density at radius 3 is 2.79 bits per heavy atom. The van der Waals surface area contributed by atoms with E-state index in [0.29, 0.717) is 6.04 Å². The highest BCUT2D eigenvalue weighted by Crippen LogP contribution is 2.55. The molecule has 1 nitrogen and oxygen atoms in total. The molecule has 0 aliphatic heterocycles. The first kappa shape index (κ1) is 8.93. The van der Waals surface area contributed by atoms with E-state index in [9.17, 15) is 0 Å². The second-order valence-electron chi connectivity index (χ2n) is 4.99. The maximum atomic E-state index is 6.26. The number of fused-ring (bicyclic) bond motifs is 1. The van der Waals surface area contributed by atoms with Gasteiger partial charge in [-0.05, 0) is 65.8 Å². The molecule has 0 bridgehead atoms. The highest BCUT2D eigenvalue weighted by atomic mass is 32.1. The molecule has 1 heterocycles. The summed E-state index contributed by atoms with van der Waals surface area (Å²) in [6.45, 7) is 0. The maximum absolute atomic E-state index is 6.26. The van der Waals surface area contributed by atoms with E-state index >= 15 is 0 Å². The number of thiophene rings is 1. The van der Waals surface area contributed by atoms with Crippen LogP contribution in [-0.2, 0) is 6.42 Å². The van der Waals surface area contributed by atoms with Crippen LogP contribution < -0.4 is 5.73 Å². The molecule has 2 aliphatic carbocycles. The second kappa shape index (κ2) is 3.35. The SMILES string of the molecule is NC(Cc1ccsc1)C1CC2CC2C1. The minimum absolute atomic E-state index is 0.414. The molecule has 76 valence electrons. The molecule has 2 N–H and O–H groups in total. The van der Waals surface area contributed by atoms with E-state index < -0.39 is 0 Å². The van der Waals surface area contributed by atoms with Gasteiger partial charge in [0.05, 0.1) is 0 Å². The average molecular weight is 207 g/mol. The zero-order valence-electron chi connectivity index (χ0n) is 8.36. The van der Waals surface area contributed by atoms with Gasteiger partial charge in [-0.1, -0.05) is 0 Å². The second-order valence-corrected chi connectivity index (χ2v) is 5.77. The summed E-state index contributed by atoms with van der Waals surface area (Å²) < 4.78 is 0. The Bertz CT molecular complexity index is 296. The Balaban J connectivity index is 1.58. The average Bonchev–Trinajstić information content (AvgIpc) is 2.68. The van der Waals surface area contributed by atoms with Gasteiger partial charge in [-0.25, -0.2) is 0 Å². The zero-order valence-corrected chi connectivity index (χ0v) is 9.17. The summed E-state index contributed by atoms with van der Waals surface area (Å²) in [6, 6.07) is 2.62. The van der Waals surface area contributed by atoms with Crippen LogP contribution in [0.2, 0.25) is 0 Å². The molecule has 2 heteroatoms. The molecule has 0 saturated heterocycles. The number of hydrogen-bond acceptors (Lipinski definition) is 2. The Kier molecular flexibility index (Phi) is 2.14. The molecule has 3 unspecified atom stereocenters. The lowest BCUT2D eigenvalue weighted by Gasteiger charge is -2.19.